The maximum absolute atomic E-state index is 13.8. The van der Waals surface area contributed by atoms with Gasteiger partial charge in [0.2, 0.25) is 15.8 Å². The standard InChI is InChI=1S/C16H16F2N2O4S/c17-12-3-4-16(13(18)10-12)25(22,23)20-7-5-19(6-8-20)11-14(21)15-2-1-9-24-15/h1-4,9-10H,5-8,11H2. The minimum absolute atomic E-state index is 0.116. The number of rotatable bonds is 5. The van der Waals surface area contributed by atoms with Crippen molar-refractivity contribution in [2.75, 3.05) is 32.7 Å². The number of carbonyl (C=O) groups excluding carboxylic acids is 1. The second kappa shape index (κ2) is 7.03. The van der Waals surface area contributed by atoms with Crippen molar-refractivity contribution in [3.8, 4) is 0 Å². The van der Waals surface area contributed by atoms with Gasteiger partial charge in [-0.25, -0.2) is 17.2 Å². The van der Waals surface area contributed by atoms with E-state index in [1.165, 1.54) is 6.26 Å². The third kappa shape index (κ3) is 3.78. The van der Waals surface area contributed by atoms with Crippen molar-refractivity contribution in [2.45, 2.75) is 4.90 Å². The van der Waals surface area contributed by atoms with Crippen molar-refractivity contribution < 1.29 is 26.4 Å². The quantitative estimate of drug-likeness (QED) is 0.750. The minimum atomic E-state index is -4.04. The molecule has 0 bridgehead atoms. The lowest BCUT2D eigenvalue weighted by molar-refractivity contribution is 0.0874. The van der Waals surface area contributed by atoms with E-state index >= 15 is 0 Å². The Morgan fingerprint density at radius 3 is 2.44 bits per heavy atom. The summed E-state index contributed by atoms with van der Waals surface area (Å²) in [5.41, 5.74) is 0. The number of Topliss-reactive ketones (excluding diaryl/α,β-unsaturated/α-hetero) is 1. The Balaban J connectivity index is 1.64. The van der Waals surface area contributed by atoms with E-state index in [-0.39, 0.29) is 31.2 Å². The van der Waals surface area contributed by atoms with Crippen LogP contribution in [-0.2, 0) is 10.0 Å². The molecule has 0 saturated carbocycles. The molecule has 0 aliphatic carbocycles. The zero-order valence-corrected chi connectivity index (χ0v) is 14.0. The van der Waals surface area contributed by atoms with Gasteiger partial charge in [-0.2, -0.15) is 4.31 Å². The molecule has 0 amide bonds. The third-order valence-corrected chi connectivity index (χ3v) is 5.94. The summed E-state index contributed by atoms with van der Waals surface area (Å²) in [4.78, 5) is 13.3. The molecule has 0 atom stereocenters. The SMILES string of the molecule is O=C(CN1CCN(S(=O)(=O)c2ccc(F)cc2F)CC1)c1ccco1. The molecule has 0 unspecified atom stereocenters. The van der Waals surface area contributed by atoms with Crippen LogP contribution in [0.25, 0.3) is 0 Å². The topological polar surface area (TPSA) is 70.8 Å². The molecule has 1 fully saturated rings. The first-order valence-electron chi connectivity index (χ1n) is 7.62. The number of furan rings is 1. The van der Waals surface area contributed by atoms with Crippen LogP contribution in [0.4, 0.5) is 8.78 Å². The number of carbonyl (C=O) groups is 1. The van der Waals surface area contributed by atoms with Crippen LogP contribution in [0.1, 0.15) is 10.6 Å². The highest BCUT2D eigenvalue weighted by Gasteiger charge is 2.31. The van der Waals surface area contributed by atoms with Crippen LogP contribution in [0.2, 0.25) is 0 Å². The highest BCUT2D eigenvalue weighted by molar-refractivity contribution is 7.89. The van der Waals surface area contributed by atoms with E-state index in [0.29, 0.717) is 19.2 Å². The Hall–Kier alpha value is -2.10. The molecule has 9 heteroatoms. The molecule has 25 heavy (non-hydrogen) atoms. The van der Waals surface area contributed by atoms with Gasteiger partial charge in [0.05, 0.1) is 12.8 Å². The number of benzene rings is 1. The zero-order valence-electron chi connectivity index (χ0n) is 13.2. The van der Waals surface area contributed by atoms with Gasteiger partial charge in [-0.3, -0.25) is 9.69 Å². The smallest absolute Gasteiger partial charge is 0.246 e. The monoisotopic (exact) mass is 370 g/mol. The lowest BCUT2D eigenvalue weighted by Gasteiger charge is -2.33. The highest BCUT2D eigenvalue weighted by atomic mass is 32.2. The van der Waals surface area contributed by atoms with Gasteiger partial charge in [-0.1, -0.05) is 0 Å². The molecule has 1 aromatic heterocycles. The summed E-state index contributed by atoms with van der Waals surface area (Å²) in [6, 6.07) is 5.57. The molecule has 134 valence electrons. The van der Waals surface area contributed by atoms with Crippen molar-refractivity contribution in [1.82, 2.24) is 9.21 Å². The summed E-state index contributed by atoms with van der Waals surface area (Å²) in [5.74, 6) is -1.89. The fourth-order valence-electron chi connectivity index (χ4n) is 2.67. The van der Waals surface area contributed by atoms with Crippen LogP contribution in [0, 0.1) is 11.6 Å². The van der Waals surface area contributed by atoms with E-state index in [0.717, 1.165) is 16.4 Å². The first-order valence-corrected chi connectivity index (χ1v) is 9.06. The van der Waals surface area contributed by atoms with E-state index in [1.54, 1.807) is 17.0 Å². The van der Waals surface area contributed by atoms with Crippen molar-refractivity contribution >= 4 is 15.8 Å². The molecule has 0 radical (unpaired) electrons. The summed E-state index contributed by atoms with van der Waals surface area (Å²) in [7, 11) is -4.04. The first-order chi connectivity index (χ1) is 11.9. The van der Waals surface area contributed by atoms with Gasteiger partial charge in [-0.05, 0) is 24.3 Å². The average Bonchev–Trinajstić information content (AvgIpc) is 3.09. The Labute approximate surface area is 143 Å². The number of sulfonamides is 1. The maximum Gasteiger partial charge on any atom is 0.246 e. The van der Waals surface area contributed by atoms with Crippen LogP contribution >= 0.6 is 0 Å². The molecule has 1 saturated heterocycles. The summed E-state index contributed by atoms with van der Waals surface area (Å²) in [5, 5.41) is 0. The number of piperazine rings is 1. The maximum atomic E-state index is 13.8. The van der Waals surface area contributed by atoms with Gasteiger partial charge in [0.1, 0.15) is 16.5 Å². The largest absolute Gasteiger partial charge is 0.461 e. The molecule has 6 nitrogen and oxygen atoms in total. The lowest BCUT2D eigenvalue weighted by atomic mass is 10.2. The summed E-state index contributed by atoms with van der Waals surface area (Å²) in [6.07, 6.45) is 1.41. The molecule has 2 heterocycles. The van der Waals surface area contributed by atoms with Gasteiger partial charge in [-0.15, -0.1) is 0 Å². The zero-order chi connectivity index (χ0) is 18.0. The molecule has 3 rings (SSSR count). The van der Waals surface area contributed by atoms with Crippen LogP contribution in [0.3, 0.4) is 0 Å². The van der Waals surface area contributed by atoms with Gasteiger partial charge >= 0.3 is 0 Å². The molecule has 1 aliphatic heterocycles. The van der Waals surface area contributed by atoms with Crippen LogP contribution in [0.5, 0.6) is 0 Å². The fraction of sp³-hybridized carbons (Fsp3) is 0.312. The van der Waals surface area contributed by atoms with Gasteiger partial charge < -0.3 is 4.42 Å². The molecular weight excluding hydrogens is 354 g/mol. The number of ketones is 1. The van der Waals surface area contributed by atoms with Crippen LogP contribution < -0.4 is 0 Å². The van der Waals surface area contributed by atoms with Crippen molar-refractivity contribution in [3.63, 3.8) is 0 Å². The predicted molar refractivity (Wildman–Crippen MR) is 84.6 cm³/mol. The fourth-order valence-corrected chi connectivity index (χ4v) is 4.14. The van der Waals surface area contributed by atoms with Gasteiger partial charge in [0, 0.05) is 32.2 Å². The van der Waals surface area contributed by atoms with Crippen LogP contribution in [-0.4, -0.2) is 56.1 Å². The third-order valence-electron chi connectivity index (χ3n) is 4.01. The second-order valence-electron chi connectivity index (χ2n) is 5.66. The summed E-state index contributed by atoms with van der Waals surface area (Å²) >= 11 is 0. The molecular formula is C16H16F2N2O4S. The van der Waals surface area contributed by atoms with Gasteiger partial charge in [0.25, 0.3) is 0 Å². The molecule has 0 spiro atoms. The average molecular weight is 370 g/mol. The van der Waals surface area contributed by atoms with Crippen LogP contribution in [0.15, 0.2) is 45.9 Å². The van der Waals surface area contributed by atoms with E-state index in [9.17, 15) is 22.0 Å². The normalized spacial score (nSPS) is 16.9. The van der Waals surface area contributed by atoms with Crippen molar-refractivity contribution in [1.29, 1.82) is 0 Å². The number of hydrogen-bond acceptors (Lipinski definition) is 5. The highest BCUT2D eigenvalue weighted by Crippen LogP contribution is 2.21. The predicted octanol–water partition coefficient (Wildman–Crippen LogP) is 1.75. The van der Waals surface area contributed by atoms with E-state index in [4.69, 9.17) is 4.42 Å². The summed E-state index contributed by atoms with van der Waals surface area (Å²) < 4.78 is 57.9. The number of halogens is 2. The van der Waals surface area contributed by atoms with Crippen molar-refractivity contribution in [2.24, 2.45) is 0 Å². The lowest BCUT2D eigenvalue weighted by Crippen LogP contribution is -2.49. The second-order valence-corrected chi connectivity index (χ2v) is 7.56. The minimum Gasteiger partial charge on any atom is -0.461 e. The van der Waals surface area contributed by atoms with Crippen molar-refractivity contribution in [3.05, 3.63) is 54.0 Å². The summed E-state index contributed by atoms with van der Waals surface area (Å²) in [6.45, 7) is 1.00. The van der Waals surface area contributed by atoms with E-state index < -0.39 is 26.6 Å². The molecule has 1 aliphatic rings. The Bertz CT molecular complexity index is 860. The van der Waals surface area contributed by atoms with E-state index in [1.807, 2.05) is 0 Å². The Morgan fingerprint density at radius 2 is 1.84 bits per heavy atom. The number of nitrogens with zero attached hydrogens (tertiary/aromatic N) is 2. The molecule has 1 aromatic carbocycles. The number of hydrogen-bond donors (Lipinski definition) is 0. The molecule has 2 aromatic rings. The van der Waals surface area contributed by atoms with Gasteiger partial charge in [0.15, 0.2) is 5.76 Å². The molecule has 0 N–H and O–H groups in total. The Morgan fingerprint density at radius 1 is 1.12 bits per heavy atom. The van der Waals surface area contributed by atoms with E-state index in [2.05, 4.69) is 0 Å². The first kappa shape index (κ1) is 17.7. The Kier molecular flexibility index (Phi) is 4.98.